The molecule has 0 saturated heterocycles. The smallest absolute Gasteiger partial charge is 0.123 e. The fourth-order valence-corrected chi connectivity index (χ4v) is 2.99. The minimum Gasteiger partial charge on any atom is -0.493 e. The molecule has 0 bridgehead atoms. The second-order valence-electron chi connectivity index (χ2n) is 5.71. The highest BCUT2D eigenvalue weighted by molar-refractivity contribution is 7.10. The molecule has 2 nitrogen and oxygen atoms in total. The van der Waals surface area contributed by atoms with Gasteiger partial charge in [0, 0.05) is 22.8 Å². The van der Waals surface area contributed by atoms with E-state index in [-0.39, 0.29) is 5.41 Å². The highest BCUT2D eigenvalue weighted by Crippen LogP contribution is 2.33. The molecule has 3 heteroatoms. The van der Waals surface area contributed by atoms with E-state index in [9.17, 15) is 0 Å². The summed E-state index contributed by atoms with van der Waals surface area (Å²) < 4.78 is 5.61. The van der Waals surface area contributed by atoms with E-state index in [0.29, 0.717) is 0 Å². The zero-order valence-corrected chi connectivity index (χ0v) is 11.8. The molecule has 0 radical (unpaired) electrons. The van der Waals surface area contributed by atoms with E-state index in [1.807, 2.05) is 0 Å². The molecule has 0 fully saturated rings. The number of thiazole rings is 1. The Morgan fingerprint density at radius 2 is 2.11 bits per heavy atom. The van der Waals surface area contributed by atoms with Gasteiger partial charge < -0.3 is 4.74 Å². The van der Waals surface area contributed by atoms with Gasteiger partial charge in [-0.05, 0) is 11.6 Å². The van der Waals surface area contributed by atoms with Crippen molar-refractivity contribution in [1.29, 1.82) is 0 Å². The summed E-state index contributed by atoms with van der Waals surface area (Å²) >= 11 is 1.73. The Labute approximate surface area is 112 Å². The molecule has 0 atom stereocenters. The van der Waals surface area contributed by atoms with Crippen molar-refractivity contribution in [2.75, 3.05) is 6.61 Å². The van der Waals surface area contributed by atoms with Crippen molar-refractivity contribution in [1.82, 2.24) is 4.98 Å². The third-order valence-electron chi connectivity index (χ3n) is 3.14. The third-order valence-corrected chi connectivity index (χ3v) is 4.41. The molecule has 1 aliphatic rings. The fourth-order valence-electron chi connectivity index (χ4n) is 2.08. The monoisotopic (exact) mass is 259 g/mol. The second kappa shape index (κ2) is 4.09. The molecule has 2 aromatic rings. The quantitative estimate of drug-likeness (QED) is 0.771. The van der Waals surface area contributed by atoms with Crippen LogP contribution in [0.15, 0.2) is 23.6 Å². The van der Waals surface area contributed by atoms with Crippen LogP contribution in [0, 0.1) is 0 Å². The lowest BCUT2D eigenvalue weighted by atomic mass is 9.98. The lowest BCUT2D eigenvalue weighted by Crippen LogP contribution is -2.10. The van der Waals surface area contributed by atoms with Crippen molar-refractivity contribution in [3.63, 3.8) is 0 Å². The molecule has 1 aliphatic heterocycles. The minimum atomic E-state index is 0.121. The average molecular weight is 259 g/mol. The number of ether oxygens (including phenoxy) is 1. The Morgan fingerprint density at radius 3 is 2.83 bits per heavy atom. The minimum absolute atomic E-state index is 0.121. The SMILES string of the molecule is CC(C)(C)c1nc(-c2ccc3c(c2)OCC3)cs1. The molecule has 1 aromatic heterocycles. The maximum Gasteiger partial charge on any atom is 0.123 e. The summed E-state index contributed by atoms with van der Waals surface area (Å²) in [7, 11) is 0. The summed E-state index contributed by atoms with van der Waals surface area (Å²) in [5, 5.41) is 3.32. The summed E-state index contributed by atoms with van der Waals surface area (Å²) in [6.45, 7) is 7.40. The number of fused-ring (bicyclic) bond motifs is 1. The van der Waals surface area contributed by atoms with Crippen LogP contribution in [0.5, 0.6) is 5.75 Å². The van der Waals surface area contributed by atoms with Gasteiger partial charge in [-0.3, -0.25) is 0 Å². The normalized spacial score (nSPS) is 14.4. The molecule has 0 spiro atoms. The summed E-state index contributed by atoms with van der Waals surface area (Å²) in [5.74, 6) is 1.03. The van der Waals surface area contributed by atoms with Crippen molar-refractivity contribution < 1.29 is 4.74 Å². The number of nitrogens with zero attached hydrogens (tertiary/aromatic N) is 1. The zero-order chi connectivity index (χ0) is 12.8. The Kier molecular flexibility index (Phi) is 2.67. The highest BCUT2D eigenvalue weighted by Gasteiger charge is 2.19. The number of aromatic nitrogens is 1. The molecule has 2 heterocycles. The van der Waals surface area contributed by atoms with E-state index in [0.717, 1.165) is 30.0 Å². The van der Waals surface area contributed by atoms with Crippen LogP contribution in [0.2, 0.25) is 0 Å². The number of rotatable bonds is 1. The molecule has 0 amide bonds. The highest BCUT2D eigenvalue weighted by atomic mass is 32.1. The van der Waals surface area contributed by atoms with Gasteiger partial charge in [-0.1, -0.05) is 32.9 Å². The summed E-state index contributed by atoms with van der Waals surface area (Å²) in [4.78, 5) is 4.74. The molecular formula is C15H17NOS. The van der Waals surface area contributed by atoms with E-state index in [1.165, 1.54) is 10.6 Å². The molecule has 0 N–H and O–H groups in total. The largest absolute Gasteiger partial charge is 0.493 e. The Hall–Kier alpha value is -1.35. The van der Waals surface area contributed by atoms with Gasteiger partial charge in [0.2, 0.25) is 0 Å². The Bertz CT molecular complexity index is 580. The van der Waals surface area contributed by atoms with Crippen LogP contribution < -0.4 is 4.74 Å². The maximum absolute atomic E-state index is 5.61. The first kappa shape index (κ1) is 11.7. The fraction of sp³-hybridized carbons (Fsp3) is 0.400. The van der Waals surface area contributed by atoms with Gasteiger partial charge in [-0.15, -0.1) is 11.3 Å². The lowest BCUT2D eigenvalue weighted by molar-refractivity contribution is 0.357. The van der Waals surface area contributed by atoms with E-state index in [1.54, 1.807) is 11.3 Å². The van der Waals surface area contributed by atoms with E-state index >= 15 is 0 Å². The first-order valence-electron chi connectivity index (χ1n) is 6.26. The molecule has 0 saturated carbocycles. The van der Waals surface area contributed by atoms with Crippen LogP contribution in [0.1, 0.15) is 31.3 Å². The molecule has 94 valence electrons. The van der Waals surface area contributed by atoms with Gasteiger partial charge in [0.05, 0.1) is 17.3 Å². The van der Waals surface area contributed by atoms with Gasteiger partial charge in [-0.2, -0.15) is 0 Å². The van der Waals surface area contributed by atoms with Crippen LogP contribution in [0.3, 0.4) is 0 Å². The Morgan fingerprint density at radius 1 is 1.28 bits per heavy atom. The van der Waals surface area contributed by atoms with Crippen LogP contribution in [-0.2, 0) is 11.8 Å². The first-order chi connectivity index (χ1) is 8.54. The van der Waals surface area contributed by atoms with Crippen LogP contribution in [0.4, 0.5) is 0 Å². The molecule has 18 heavy (non-hydrogen) atoms. The molecule has 0 aliphatic carbocycles. The standard InChI is InChI=1S/C15H17NOS/c1-15(2,3)14-16-12(9-18-14)11-5-4-10-6-7-17-13(10)8-11/h4-5,8-9H,6-7H2,1-3H3. The van der Waals surface area contributed by atoms with Crippen molar-refractivity contribution >= 4 is 11.3 Å². The van der Waals surface area contributed by atoms with Gasteiger partial charge >= 0.3 is 0 Å². The van der Waals surface area contributed by atoms with Crippen molar-refractivity contribution in [3.8, 4) is 17.0 Å². The van der Waals surface area contributed by atoms with Crippen molar-refractivity contribution in [3.05, 3.63) is 34.2 Å². The van der Waals surface area contributed by atoms with Gasteiger partial charge in [-0.25, -0.2) is 4.98 Å². The Balaban J connectivity index is 1.98. The third kappa shape index (κ3) is 2.03. The first-order valence-corrected chi connectivity index (χ1v) is 7.14. The van der Waals surface area contributed by atoms with Gasteiger partial charge in [0.15, 0.2) is 0 Å². The molecule has 3 rings (SSSR count). The predicted molar refractivity (Wildman–Crippen MR) is 75.4 cm³/mol. The summed E-state index contributed by atoms with van der Waals surface area (Å²) in [6, 6.07) is 6.42. The number of hydrogen-bond donors (Lipinski definition) is 0. The van der Waals surface area contributed by atoms with E-state index < -0.39 is 0 Å². The topological polar surface area (TPSA) is 22.1 Å². The van der Waals surface area contributed by atoms with Crippen LogP contribution in [-0.4, -0.2) is 11.6 Å². The van der Waals surface area contributed by atoms with E-state index in [4.69, 9.17) is 9.72 Å². The van der Waals surface area contributed by atoms with Crippen molar-refractivity contribution in [2.45, 2.75) is 32.6 Å². The zero-order valence-electron chi connectivity index (χ0n) is 11.0. The number of hydrogen-bond acceptors (Lipinski definition) is 3. The van der Waals surface area contributed by atoms with Crippen molar-refractivity contribution in [2.24, 2.45) is 0 Å². The summed E-state index contributed by atoms with van der Waals surface area (Å²) in [6.07, 6.45) is 1.03. The molecular weight excluding hydrogens is 242 g/mol. The van der Waals surface area contributed by atoms with Gasteiger partial charge in [0.1, 0.15) is 5.75 Å². The number of benzene rings is 1. The van der Waals surface area contributed by atoms with Crippen LogP contribution in [0.25, 0.3) is 11.3 Å². The average Bonchev–Trinajstić information content (AvgIpc) is 2.96. The lowest BCUT2D eigenvalue weighted by Gasteiger charge is -2.13. The predicted octanol–water partition coefficient (Wildman–Crippen LogP) is 4.04. The second-order valence-corrected chi connectivity index (χ2v) is 6.57. The maximum atomic E-state index is 5.61. The van der Waals surface area contributed by atoms with Crippen LogP contribution >= 0.6 is 11.3 Å². The van der Waals surface area contributed by atoms with Gasteiger partial charge in [0.25, 0.3) is 0 Å². The molecule has 1 aromatic carbocycles. The van der Waals surface area contributed by atoms with E-state index in [2.05, 4.69) is 44.4 Å². The molecule has 0 unspecified atom stereocenters. The summed E-state index contributed by atoms with van der Waals surface area (Å²) in [5.41, 5.74) is 3.64.